The van der Waals surface area contributed by atoms with Crippen LogP contribution in [0.1, 0.15) is 19.5 Å². The zero-order valence-corrected chi connectivity index (χ0v) is 17.3. The molecule has 1 aromatic rings. The summed E-state index contributed by atoms with van der Waals surface area (Å²) in [6, 6.07) is -0.613. The molecular formula is C15H27Cl2N5O3S. The summed E-state index contributed by atoms with van der Waals surface area (Å²) in [5, 5.41) is 7.69. The number of rotatable bonds is 7. The lowest BCUT2D eigenvalue weighted by Gasteiger charge is -2.25. The van der Waals surface area contributed by atoms with E-state index in [0.29, 0.717) is 5.13 Å². The Labute approximate surface area is 170 Å². The second-order valence-corrected chi connectivity index (χ2v) is 6.93. The number of hydrogen-bond acceptors (Lipinski definition) is 7. The molecule has 1 aromatic heterocycles. The van der Waals surface area contributed by atoms with E-state index in [1.54, 1.807) is 0 Å². The summed E-state index contributed by atoms with van der Waals surface area (Å²) in [5.41, 5.74) is 6.64. The minimum Gasteiger partial charge on any atom is -0.379 e. The van der Waals surface area contributed by atoms with Gasteiger partial charge in [0.2, 0.25) is 11.8 Å². The molecule has 2 rings (SSSR count). The first-order chi connectivity index (χ1) is 11.5. The first-order valence-electron chi connectivity index (χ1n) is 8.03. The van der Waals surface area contributed by atoms with Gasteiger partial charge in [0.05, 0.1) is 31.5 Å². The molecule has 1 fully saturated rings. The lowest BCUT2D eigenvalue weighted by molar-refractivity contribution is -0.125. The van der Waals surface area contributed by atoms with Gasteiger partial charge in [0.15, 0.2) is 5.13 Å². The van der Waals surface area contributed by atoms with Crippen LogP contribution in [0, 0.1) is 5.92 Å². The largest absolute Gasteiger partial charge is 0.379 e. The number of nitrogens with zero attached hydrogens (tertiary/aromatic N) is 2. The Balaban J connectivity index is 0.00000312. The average Bonchev–Trinajstić information content (AvgIpc) is 2.99. The smallest absolute Gasteiger partial charge is 0.245 e. The van der Waals surface area contributed by atoms with Gasteiger partial charge < -0.3 is 21.1 Å². The van der Waals surface area contributed by atoms with Gasteiger partial charge in [0.1, 0.15) is 0 Å². The number of nitrogens with two attached hydrogens (primary N) is 1. The lowest BCUT2D eigenvalue weighted by atomic mass is 10.1. The normalized spacial score (nSPS) is 15.5. The van der Waals surface area contributed by atoms with Crippen LogP contribution in [0.15, 0.2) is 5.38 Å². The van der Waals surface area contributed by atoms with E-state index < -0.39 is 6.04 Å². The number of morpholine rings is 1. The minimum atomic E-state index is -0.613. The molecule has 2 amide bonds. The highest BCUT2D eigenvalue weighted by Crippen LogP contribution is 2.17. The molecule has 0 aromatic carbocycles. The van der Waals surface area contributed by atoms with Crippen LogP contribution in [-0.4, -0.2) is 60.6 Å². The van der Waals surface area contributed by atoms with Crippen molar-refractivity contribution >= 4 is 53.1 Å². The molecule has 0 unspecified atom stereocenters. The highest BCUT2D eigenvalue weighted by Gasteiger charge is 2.18. The van der Waals surface area contributed by atoms with Crippen LogP contribution in [0.25, 0.3) is 0 Å². The van der Waals surface area contributed by atoms with Gasteiger partial charge in [-0.1, -0.05) is 13.8 Å². The Kier molecular flexibility index (Phi) is 12.0. The fraction of sp³-hybridized carbons (Fsp3) is 0.667. The molecular weight excluding hydrogens is 401 g/mol. The number of thiazole rings is 1. The van der Waals surface area contributed by atoms with E-state index in [9.17, 15) is 9.59 Å². The summed E-state index contributed by atoms with van der Waals surface area (Å²) < 4.78 is 5.31. The van der Waals surface area contributed by atoms with Gasteiger partial charge in [0.25, 0.3) is 0 Å². The van der Waals surface area contributed by atoms with E-state index in [1.807, 2.05) is 19.2 Å². The number of amides is 2. The zero-order chi connectivity index (χ0) is 17.5. The van der Waals surface area contributed by atoms with Gasteiger partial charge in [-0.25, -0.2) is 4.98 Å². The number of anilines is 1. The maximum absolute atomic E-state index is 11.9. The Morgan fingerprint density at radius 2 is 2.00 bits per heavy atom. The number of aromatic nitrogens is 1. The molecule has 0 aliphatic carbocycles. The first-order valence-corrected chi connectivity index (χ1v) is 8.91. The van der Waals surface area contributed by atoms with E-state index in [1.165, 1.54) is 11.3 Å². The third-order valence-corrected chi connectivity index (χ3v) is 4.54. The summed E-state index contributed by atoms with van der Waals surface area (Å²) in [6.07, 6.45) is 0. The summed E-state index contributed by atoms with van der Waals surface area (Å²) in [7, 11) is 0. The van der Waals surface area contributed by atoms with Crippen LogP contribution < -0.4 is 16.4 Å². The molecule has 1 aliphatic heterocycles. The van der Waals surface area contributed by atoms with Gasteiger partial charge >= 0.3 is 0 Å². The second-order valence-electron chi connectivity index (χ2n) is 6.07. The number of ether oxygens (including phenoxy) is 1. The van der Waals surface area contributed by atoms with Gasteiger partial charge in [-0.3, -0.25) is 14.5 Å². The van der Waals surface area contributed by atoms with Crippen molar-refractivity contribution in [1.29, 1.82) is 0 Å². The summed E-state index contributed by atoms with van der Waals surface area (Å²) in [5.74, 6) is -0.617. The van der Waals surface area contributed by atoms with Crippen LogP contribution in [0.2, 0.25) is 0 Å². The maximum Gasteiger partial charge on any atom is 0.245 e. The summed E-state index contributed by atoms with van der Waals surface area (Å²) >= 11 is 1.37. The van der Waals surface area contributed by atoms with Crippen LogP contribution in [0.5, 0.6) is 0 Å². The number of carbonyl (C=O) groups is 2. The first kappa shape index (κ1) is 25.0. The van der Waals surface area contributed by atoms with Crippen molar-refractivity contribution in [3.63, 3.8) is 0 Å². The van der Waals surface area contributed by atoms with E-state index in [-0.39, 0.29) is 49.1 Å². The fourth-order valence-corrected chi connectivity index (χ4v) is 2.89. The Morgan fingerprint density at radius 1 is 1.35 bits per heavy atom. The minimum absolute atomic E-state index is 0. The number of hydrogen-bond donors (Lipinski definition) is 3. The number of halogens is 2. The van der Waals surface area contributed by atoms with E-state index in [0.717, 1.165) is 38.5 Å². The lowest BCUT2D eigenvalue weighted by Crippen LogP contribution is -2.46. The second kappa shape index (κ2) is 12.4. The molecule has 8 nitrogen and oxygen atoms in total. The van der Waals surface area contributed by atoms with Crippen molar-refractivity contribution in [3.05, 3.63) is 11.1 Å². The van der Waals surface area contributed by atoms with Crippen molar-refractivity contribution < 1.29 is 14.3 Å². The quantitative estimate of drug-likeness (QED) is 0.594. The summed E-state index contributed by atoms with van der Waals surface area (Å²) in [4.78, 5) is 30.3. The van der Waals surface area contributed by atoms with E-state index in [4.69, 9.17) is 10.5 Å². The van der Waals surface area contributed by atoms with Crippen LogP contribution >= 0.6 is 36.2 Å². The molecule has 0 radical (unpaired) electrons. The van der Waals surface area contributed by atoms with Gasteiger partial charge in [-0.15, -0.1) is 36.2 Å². The highest BCUT2D eigenvalue weighted by molar-refractivity contribution is 7.13. The van der Waals surface area contributed by atoms with Gasteiger partial charge in [-0.2, -0.15) is 0 Å². The Hall–Kier alpha value is -0.970. The molecule has 11 heteroatoms. The standard InChI is InChI=1S/C15H25N5O3S.2ClH/c1-10(2)13(16)14(22)17-7-12(21)19-15-18-11(9-24-15)8-20-3-5-23-6-4-20;;/h9-10,13H,3-8,16H2,1-2H3,(H,17,22)(H,18,19,21);2*1H/t13-;;/m0../s1. The van der Waals surface area contributed by atoms with E-state index >= 15 is 0 Å². The predicted octanol–water partition coefficient (Wildman–Crippen LogP) is 0.857. The van der Waals surface area contributed by atoms with Crippen molar-refractivity contribution in [2.75, 3.05) is 38.2 Å². The summed E-state index contributed by atoms with van der Waals surface area (Å²) in [6.45, 7) is 7.61. The van der Waals surface area contributed by atoms with Crippen LogP contribution in [0.4, 0.5) is 5.13 Å². The Morgan fingerprint density at radius 3 is 2.62 bits per heavy atom. The third kappa shape index (κ3) is 8.15. The predicted molar refractivity (Wildman–Crippen MR) is 107 cm³/mol. The van der Waals surface area contributed by atoms with E-state index in [2.05, 4.69) is 20.5 Å². The maximum atomic E-state index is 11.9. The average molecular weight is 428 g/mol. The molecule has 150 valence electrons. The molecule has 4 N–H and O–H groups in total. The molecule has 1 saturated heterocycles. The molecule has 26 heavy (non-hydrogen) atoms. The molecule has 0 spiro atoms. The van der Waals surface area contributed by atoms with Crippen LogP contribution in [-0.2, 0) is 20.9 Å². The highest BCUT2D eigenvalue weighted by atomic mass is 35.5. The van der Waals surface area contributed by atoms with Gasteiger partial charge in [0, 0.05) is 25.0 Å². The van der Waals surface area contributed by atoms with Crippen molar-refractivity contribution in [2.45, 2.75) is 26.4 Å². The van der Waals surface area contributed by atoms with Crippen LogP contribution in [0.3, 0.4) is 0 Å². The number of nitrogens with one attached hydrogen (secondary N) is 2. The van der Waals surface area contributed by atoms with Crippen molar-refractivity contribution in [2.24, 2.45) is 11.7 Å². The topological polar surface area (TPSA) is 110 Å². The monoisotopic (exact) mass is 427 g/mol. The third-order valence-electron chi connectivity index (χ3n) is 3.73. The molecule has 1 aliphatic rings. The zero-order valence-electron chi connectivity index (χ0n) is 14.9. The molecule has 0 saturated carbocycles. The fourth-order valence-electron chi connectivity index (χ4n) is 2.18. The molecule has 2 heterocycles. The van der Waals surface area contributed by atoms with Crippen molar-refractivity contribution in [1.82, 2.24) is 15.2 Å². The van der Waals surface area contributed by atoms with Crippen molar-refractivity contribution in [3.8, 4) is 0 Å². The molecule has 1 atom stereocenters. The molecule has 0 bridgehead atoms. The van der Waals surface area contributed by atoms with Gasteiger partial charge in [-0.05, 0) is 5.92 Å². The number of carbonyl (C=O) groups excluding carboxylic acids is 2. The SMILES string of the molecule is CC(C)[C@H](N)C(=O)NCC(=O)Nc1nc(CN2CCOCC2)cs1.Cl.Cl. The Bertz CT molecular complexity index is 567.